The van der Waals surface area contributed by atoms with E-state index in [1.807, 2.05) is 0 Å². The maximum absolute atomic E-state index is 13.5. The first kappa shape index (κ1) is 10.1. The van der Waals surface area contributed by atoms with Gasteiger partial charge in [0, 0.05) is 10.0 Å². The lowest BCUT2D eigenvalue weighted by Crippen LogP contribution is -2.33. The van der Waals surface area contributed by atoms with Gasteiger partial charge in [-0.2, -0.15) is 0 Å². The number of aliphatic hydroxyl groups is 1. The molecule has 0 saturated carbocycles. The van der Waals surface area contributed by atoms with Gasteiger partial charge in [0.25, 0.3) is 0 Å². The molecule has 0 fully saturated rings. The zero-order valence-corrected chi connectivity index (χ0v) is 9.27. The van der Waals surface area contributed by atoms with Crippen molar-refractivity contribution >= 4 is 15.9 Å². The van der Waals surface area contributed by atoms with Gasteiger partial charge in [-0.25, -0.2) is 4.39 Å². The fourth-order valence-corrected chi connectivity index (χ4v) is 2.09. The summed E-state index contributed by atoms with van der Waals surface area (Å²) in [6, 6.07) is 3.12. The Labute approximate surface area is 89.8 Å². The summed E-state index contributed by atoms with van der Waals surface area (Å²) in [5, 5.41) is 9.96. The number of benzene rings is 1. The van der Waals surface area contributed by atoms with Crippen LogP contribution in [0, 0.1) is 5.82 Å². The monoisotopic (exact) mass is 260 g/mol. The maximum Gasteiger partial charge on any atom is 0.130 e. The number of fused-ring (bicyclic) bond motifs is 1. The Bertz CT molecular complexity index is 377. The third-order valence-electron chi connectivity index (χ3n) is 2.37. The van der Waals surface area contributed by atoms with Gasteiger partial charge in [-0.3, -0.25) is 0 Å². The summed E-state index contributed by atoms with van der Waals surface area (Å²) < 4.78 is 19.2. The minimum absolute atomic E-state index is 0.204. The largest absolute Gasteiger partial charge is 0.383 e. The van der Waals surface area contributed by atoms with Crippen molar-refractivity contribution in [2.45, 2.75) is 19.1 Å². The number of halogens is 2. The van der Waals surface area contributed by atoms with Gasteiger partial charge in [0.2, 0.25) is 0 Å². The lowest BCUT2D eigenvalue weighted by Gasteiger charge is -2.31. The highest BCUT2D eigenvalue weighted by Crippen LogP contribution is 2.33. The predicted molar refractivity (Wildman–Crippen MR) is 53.3 cm³/mol. The van der Waals surface area contributed by atoms with E-state index in [1.165, 1.54) is 6.07 Å². The smallest absolute Gasteiger partial charge is 0.130 e. The Morgan fingerprint density at radius 1 is 1.57 bits per heavy atom. The fraction of sp³-hybridized carbons (Fsp3) is 0.400. The van der Waals surface area contributed by atoms with Crippen LogP contribution in [0.25, 0.3) is 0 Å². The Balaban J connectivity index is 2.63. The first-order valence-electron chi connectivity index (χ1n) is 4.29. The molecule has 0 saturated heterocycles. The standard InChI is InChI=1S/C10H10BrFO2/c1-10(13)5-14-4-7-8(10)2-6(11)3-9(7)12/h2-3,13H,4-5H2,1H3. The normalized spacial score (nSPS) is 26.0. The molecular weight excluding hydrogens is 251 g/mol. The summed E-state index contributed by atoms with van der Waals surface area (Å²) in [5.41, 5.74) is -0.0434. The minimum atomic E-state index is -1.10. The molecule has 4 heteroatoms. The molecule has 0 spiro atoms. The van der Waals surface area contributed by atoms with Crippen LogP contribution in [-0.2, 0) is 16.9 Å². The van der Waals surface area contributed by atoms with E-state index in [0.717, 1.165) is 0 Å². The molecule has 0 aliphatic carbocycles. The molecule has 1 aliphatic heterocycles. The van der Waals surface area contributed by atoms with Crippen LogP contribution in [0.4, 0.5) is 4.39 Å². The third kappa shape index (κ3) is 1.58. The van der Waals surface area contributed by atoms with Crippen molar-refractivity contribution in [3.63, 3.8) is 0 Å². The molecule has 76 valence electrons. The Morgan fingerprint density at radius 2 is 2.29 bits per heavy atom. The number of hydrogen-bond acceptors (Lipinski definition) is 2. The van der Waals surface area contributed by atoms with Gasteiger partial charge in [-0.1, -0.05) is 15.9 Å². The molecule has 0 radical (unpaired) electrons. The van der Waals surface area contributed by atoms with Gasteiger partial charge in [-0.05, 0) is 24.6 Å². The molecule has 14 heavy (non-hydrogen) atoms. The van der Waals surface area contributed by atoms with E-state index in [0.29, 0.717) is 15.6 Å². The quantitative estimate of drug-likeness (QED) is 0.776. The van der Waals surface area contributed by atoms with Gasteiger partial charge in [0.15, 0.2) is 0 Å². The molecule has 0 bridgehead atoms. The predicted octanol–water partition coefficient (Wildman–Crippen LogP) is 2.33. The van der Waals surface area contributed by atoms with E-state index in [1.54, 1.807) is 13.0 Å². The Hall–Kier alpha value is -0.450. The first-order valence-corrected chi connectivity index (χ1v) is 5.08. The van der Waals surface area contributed by atoms with Crippen LogP contribution in [0.3, 0.4) is 0 Å². The molecule has 1 aromatic rings. The molecule has 0 amide bonds. The number of rotatable bonds is 0. The van der Waals surface area contributed by atoms with Crippen molar-refractivity contribution in [1.82, 2.24) is 0 Å². The van der Waals surface area contributed by atoms with E-state index in [2.05, 4.69) is 15.9 Å². The van der Waals surface area contributed by atoms with Crippen LogP contribution in [0.5, 0.6) is 0 Å². The van der Waals surface area contributed by atoms with Crippen molar-refractivity contribution in [1.29, 1.82) is 0 Å². The van der Waals surface area contributed by atoms with Crippen molar-refractivity contribution in [2.75, 3.05) is 6.61 Å². The lowest BCUT2D eigenvalue weighted by atomic mass is 9.90. The zero-order chi connectivity index (χ0) is 10.3. The SMILES string of the molecule is CC1(O)COCc2c(F)cc(Br)cc21. The Kier molecular flexibility index (Phi) is 2.37. The maximum atomic E-state index is 13.5. The topological polar surface area (TPSA) is 29.5 Å². The lowest BCUT2D eigenvalue weighted by molar-refractivity contribution is -0.0615. The van der Waals surface area contributed by atoms with Crippen LogP contribution < -0.4 is 0 Å². The molecule has 1 heterocycles. The van der Waals surface area contributed by atoms with Crippen molar-refractivity contribution in [2.24, 2.45) is 0 Å². The molecule has 1 unspecified atom stereocenters. The second-order valence-corrected chi connectivity index (χ2v) is 4.60. The van der Waals surface area contributed by atoms with Gasteiger partial charge in [0.05, 0.1) is 13.2 Å². The van der Waals surface area contributed by atoms with E-state index in [9.17, 15) is 9.50 Å². The van der Waals surface area contributed by atoms with Crippen LogP contribution >= 0.6 is 15.9 Å². The fourth-order valence-electron chi connectivity index (χ4n) is 1.66. The van der Waals surface area contributed by atoms with Crippen molar-refractivity contribution < 1.29 is 14.2 Å². The van der Waals surface area contributed by atoms with E-state index >= 15 is 0 Å². The van der Waals surface area contributed by atoms with E-state index in [-0.39, 0.29) is 19.0 Å². The van der Waals surface area contributed by atoms with Gasteiger partial charge >= 0.3 is 0 Å². The van der Waals surface area contributed by atoms with Gasteiger partial charge in [0.1, 0.15) is 11.4 Å². The molecule has 2 nitrogen and oxygen atoms in total. The highest BCUT2D eigenvalue weighted by molar-refractivity contribution is 9.10. The third-order valence-corrected chi connectivity index (χ3v) is 2.83. The van der Waals surface area contributed by atoms with E-state index < -0.39 is 5.60 Å². The first-order chi connectivity index (χ1) is 6.50. The molecule has 1 aromatic carbocycles. The summed E-state index contributed by atoms with van der Waals surface area (Å²) in [5.74, 6) is -0.339. The number of ether oxygens (including phenoxy) is 1. The second-order valence-electron chi connectivity index (χ2n) is 3.68. The summed E-state index contributed by atoms with van der Waals surface area (Å²) in [6.45, 7) is 2.05. The average molecular weight is 261 g/mol. The van der Waals surface area contributed by atoms with Crippen LogP contribution in [-0.4, -0.2) is 11.7 Å². The van der Waals surface area contributed by atoms with Crippen LogP contribution in [0.15, 0.2) is 16.6 Å². The summed E-state index contributed by atoms with van der Waals surface area (Å²) >= 11 is 3.20. The second kappa shape index (κ2) is 3.29. The summed E-state index contributed by atoms with van der Waals surface area (Å²) in [4.78, 5) is 0. The van der Waals surface area contributed by atoms with Crippen molar-refractivity contribution in [3.8, 4) is 0 Å². The molecule has 1 atom stereocenters. The highest BCUT2D eigenvalue weighted by Gasteiger charge is 2.32. The van der Waals surface area contributed by atoms with Crippen molar-refractivity contribution in [3.05, 3.63) is 33.5 Å². The summed E-state index contributed by atoms with van der Waals surface area (Å²) in [6.07, 6.45) is 0. The average Bonchev–Trinajstić information content (AvgIpc) is 2.06. The van der Waals surface area contributed by atoms with Gasteiger partial charge in [-0.15, -0.1) is 0 Å². The molecule has 0 aromatic heterocycles. The Morgan fingerprint density at radius 3 is 3.00 bits per heavy atom. The molecular formula is C10H10BrFO2. The summed E-state index contributed by atoms with van der Waals surface area (Å²) in [7, 11) is 0. The molecule has 1 N–H and O–H groups in total. The van der Waals surface area contributed by atoms with E-state index in [4.69, 9.17) is 4.74 Å². The van der Waals surface area contributed by atoms with Crippen LogP contribution in [0.2, 0.25) is 0 Å². The minimum Gasteiger partial charge on any atom is -0.383 e. The van der Waals surface area contributed by atoms with Crippen LogP contribution in [0.1, 0.15) is 18.1 Å². The zero-order valence-electron chi connectivity index (χ0n) is 7.68. The molecule has 2 rings (SSSR count). The highest BCUT2D eigenvalue weighted by atomic mass is 79.9. The number of hydrogen-bond donors (Lipinski definition) is 1. The molecule has 1 aliphatic rings. The van der Waals surface area contributed by atoms with Gasteiger partial charge < -0.3 is 9.84 Å².